The van der Waals surface area contributed by atoms with Crippen LogP contribution in [0.5, 0.6) is 11.5 Å². The first kappa shape index (κ1) is 21.3. The van der Waals surface area contributed by atoms with E-state index in [0.29, 0.717) is 0 Å². The Morgan fingerprint density at radius 1 is 0.758 bits per heavy atom. The van der Waals surface area contributed by atoms with Crippen LogP contribution >= 0.6 is 0 Å². The van der Waals surface area contributed by atoms with E-state index in [2.05, 4.69) is 97.9 Å². The minimum absolute atomic E-state index is 0.656. The van der Waals surface area contributed by atoms with E-state index in [4.69, 9.17) is 9.47 Å². The second-order valence-corrected chi connectivity index (χ2v) is 8.67. The van der Waals surface area contributed by atoms with Crippen LogP contribution in [-0.2, 0) is 5.60 Å². The Balaban J connectivity index is 1.52. The lowest BCUT2D eigenvalue weighted by atomic mass is 9.83. The van der Waals surface area contributed by atoms with Gasteiger partial charge in [0.15, 0.2) is 5.60 Å². The second-order valence-electron chi connectivity index (χ2n) is 8.67. The van der Waals surface area contributed by atoms with Crippen LogP contribution in [0.3, 0.4) is 0 Å². The quantitative estimate of drug-likeness (QED) is 0.261. The van der Waals surface area contributed by atoms with Gasteiger partial charge in [-0.1, -0.05) is 99.0 Å². The highest BCUT2D eigenvalue weighted by molar-refractivity contribution is 5.95. The topological polar surface area (TPSA) is 18.5 Å². The third kappa shape index (κ3) is 4.26. The van der Waals surface area contributed by atoms with Crippen molar-refractivity contribution in [3.05, 3.63) is 114 Å². The molecule has 0 aromatic heterocycles. The first-order valence-corrected chi connectivity index (χ1v) is 12.0. The number of benzene rings is 4. The minimum Gasteiger partial charge on any atom is -0.494 e. The molecule has 0 bridgehead atoms. The van der Waals surface area contributed by atoms with E-state index >= 15 is 0 Å². The maximum Gasteiger partial charge on any atom is 0.178 e. The Hall–Kier alpha value is -3.52. The fourth-order valence-electron chi connectivity index (χ4n) is 4.63. The molecule has 0 radical (unpaired) electrons. The first-order valence-electron chi connectivity index (χ1n) is 12.0. The lowest BCUT2D eigenvalue weighted by Gasteiger charge is -2.36. The molecule has 5 rings (SSSR count). The molecule has 0 saturated carbocycles. The Labute approximate surface area is 196 Å². The van der Waals surface area contributed by atoms with Gasteiger partial charge in [0.25, 0.3) is 0 Å². The van der Waals surface area contributed by atoms with Gasteiger partial charge in [-0.2, -0.15) is 0 Å². The minimum atomic E-state index is -0.656. The number of unbranched alkanes of at least 4 members (excludes halogenated alkanes) is 3. The molecule has 0 atom stereocenters. The normalized spacial score (nSPS) is 14.0. The maximum absolute atomic E-state index is 6.84. The monoisotopic (exact) mass is 434 g/mol. The predicted octanol–water partition coefficient (Wildman–Crippen LogP) is 8.15. The summed E-state index contributed by atoms with van der Waals surface area (Å²) in [6.07, 6.45) is 9.22. The molecule has 0 N–H and O–H groups in total. The van der Waals surface area contributed by atoms with Gasteiger partial charge < -0.3 is 9.47 Å². The van der Waals surface area contributed by atoms with Crippen molar-refractivity contribution in [1.82, 2.24) is 0 Å². The summed E-state index contributed by atoms with van der Waals surface area (Å²) in [5.74, 6) is 1.81. The smallest absolute Gasteiger partial charge is 0.178 e. The van der Waals surface area contributed by atoms with E-state index in [9.17, 15) is 0 Å². The first-order chi connectivity index (χ1) is 16.3. The number of fused-ring (bicyclic) bond motifs is 3. The molecular weight excluding hydrogens is 404 g/mol. The average molecular weight is 435 g/mol. The molecule has 4 aromatic carbocycles. The van der Waals surface area contributed by atoms with Gasteiger partial charge in [0.2, 0.25) is 0 Å². The zero-order valence-corrected chi connectivity index (χ0v) is 19.2. The van der Waals surface area contributed by atoms with Crippen molar-refractivity contribution in [1.29, 1.82) is 0 Å². The van der Waals surface area contributed by atoms with Crippen LogP contribution in [0, 0.1) is 0 Å². The zero-order chi connectivity index (χ0) is 22.5. The molecule has 0 aliphatic carbocycles. The van der Waals surface area contributed by atoms with E-state index in [1.807, 2.05) is 12.1 Å². The van der Waals surface area contributed by atoms with Gasteiger partial charge in [0.1, 0.15) is 11.5 Å². The summed E-state index contributed by atoms with van der Waals surface area (Å²) in [4.78, 5) is 0. The van der Waals surface area contributed by atoms with Crippen LogP contribution in [0.1, 0.15) is 49.3 Å². The van der Waals surface area contributed by atoms with Crippen molar-refractivity contribution >= 4 is 16.8 Å². The molecule has 0 spiro atoms. The van der Waals surface area contributed by atoms with E-state index in [1.54, 1.807) is 0 Å². The predicted molar refractivity (Wildman–Crippen MR) is 137 cm³/mol. The summed E-state index contributed by atoms with van der Waals surface area (Å²) in [6, 6.07) is 31.5. The van der Waals surface area contributed by atoms with Crippen LogP contribution in [0.25, 0.3) is 16.8 Å². The number of hydrogen-bond donors (Lipinski definition) is 0. The van der Waals surface area contributed by atoms with Gasteiger partial charge in [-0.05, 0) is 47.5 Å². The van der Waals surface area contributed by atoms with Crippen molar-refractivity contribution in [3.63, 3.8) is 0 Å². The molecule has 166 valence electrons. The third-order valence-electron chi connectivity index (χ3n) is 6.42. The Kier molecular flexibility index (Phi) is 6.17. The fraction of sp³-hybridized carbons (Fsp3) is 0.226. The van der Waals surface area contributed by atoms with Gasteiger partial charge in [-0.25, -0.2) is 0 Å². The molecule has 1 aliphatic heterocycles. The van der Waals surface area contributed by atoms with Crippen molar-refractivity contribution in [2.24, 2.45) is 0 Å². The maximum atomic E-state index is 6.84. The molecule has 1 aliphatic rings. The molecular formula is C31H30O2. The van der Waals surface area contributed by atoms with Crippen molar-refractivity contribution in [3.8, 4) is 11.5 Å². The molecule has 4 aromatic rings. The fourth-order valence-corrected chi connectivity index (χ4v) is 4.63. The summed E-state index contributed by atoms with van der Waals surface area (Å²) in [6.45, 7) is 2.99. The van der Waals surface area contributed by atoms with Gasteiger partial charge in [-0.3, -0.25) is 0 Å². The molecule has 0 saturated heterocycles. The molecule has 1 heterocycles. The lowest BCUT2D eigenvalue weighted by Crippen LogP contribution is -2.34. The Morgan fingerprint density at radius 3 is 2.15 bits per heavy atom. The van der Waals surface area contributed by atoms with Crippen LogP contribution in [-0.4, -0.2) is 6.61 Å². The molecule has 33 heavy (non-hydrogen) atoms. The molecule has 0 amide bonds. The summed E-state index contributed by atoms with van der Waals surface area (Å²) in [5, 5.41) is 2.34. The molecule has 0 fully saturated rings. The second kappa shape index (κ2) is 9.54. The highest BCUT2D eigenvalue weighted by atomic mass is 16.5. The zero-order valence-electron chi connectivity index (χ0n) is 19.2. The van der Waals surface area contributed by atoms with E-state index in [1.165, 1.54) is 24.6 Å². The number of hydrogen-bond acceptors (Lipinski definition) is 2. The number of rotatable bonds is 8. The van der Waals surface area contributed by atoms with Gasteiger partial charge in [0, 0.05) is 16.7 Å². The van der Waals surface area contributed by atoms with Crippen LogP contribution < -0.4 is 9.47 Å². The van der Waals surface area contributed by atoms with E-state index in [0.717, 1.165) is 46.6 Å². The SMILES string of the molecule is CCCCCCOc1ccc2ccc3c(c2c1)C=CC(c1ccccc1)(c1ccccc1)O3. The van der Waals surface area contributed by atoms with Gasteiger partial charge >= 0.3 is 0 Å². The summed E-state index contributed by atoms with van der Waals surface area (Å²) in [5.41, 5.74) is 2.67. The lowest BCUT2D eigenvalue weighted by molar-refractivity contribution is 0.161. The molecule has 2 nitrogen and oxygen atoms in total. The average Bonchev–Trinajstić information content (AvgIpc) is 2.89. The van der Waals surface area contributed by atoms with E-state index < -0.39 is 5.60 Å². The van der Waals surface area contributed by atoms with Crippen molar-refractivity contribution in [2.75, 3.05) is 6.61 Å². The van der Waals surface area contributed by atoms with Crippen LogP contribution in [0.15, 0.2) is 97.1 Å². The van der Waals surface area contributed by atoms with Crippen LogP contribution in [0.2, 0.25) is 0 Å². The van der Waals surface area contributed by atoms with Crippen molar-refractivity contribution < 1.29 is 9.47 Å². The summed E-state index contributed by atoms with van der Waals surface area (Å²) < 4.78 is 12.9. The summed E-state index contributed by atoms with van der Waals surface area (Å²) in [7, 11) is 0. The third-order valence-corrected chi connectivity index (χ3v) is 6.42. The van der Waals surface area contributed by atoms with Crippen LogP contribution in [0.4, 0.5) is 0 Å². The van der Waals surface area contributed by atoms with E-state index in [-0.39, 0.29) is 0 Å². The highest BCUT2D eigenvalue weighted by Crippen LogP contribution is 2.44. The molecule has 0 unspecified atom stereocenters. The summed E-state index contributed by atoms with van der Waals surface area (Å²) >= 11 is 0. The molecule has 2 heteroatoms. The number of ether oxygens (including phenoxy) is 2. The van der Waals surface area contributed by atoms with Crippen molar-refractivity contribution in [2.45, 2.75) is 38.2 Å². The Morgan fingerprint density at radius 2 is 1.45 bits per heavy atom. The largest absolute Gasteiger partial charge is 0.494 e. The van der Waals surface area contributed by atoms with Gasteiger partial charge in [-0.15, -0.1) is 0 Å². The van der Waals surface area contributed by atoms with Gasteiger partial charge in [0.05, 0.1) is 6.61 Å². The Bertz CT molecular complexity index is 1200. The highest BCUT2D eigenvalue weighted by Gasteiger charge is 2.37. The standard InChI is InChI=1S/C31H30O2/c1-2-3-4-11-22-32-27-18-16-24-17-19-30-28(29(24)23-27)20-21-31(33-30,25-12-7-5-8-13-25)26-14-9-6-10-15-26/h5-10,12-21,23H,2-4,11,22H2,1H3.